The molecule has 1 unspecified atom stereocenters. The number of carboxylic acid groups (broad SMARTS) is 1. The zero-order valence-corrected chi connectivity index (χ0v) is 11.8. The molecule has 0 fully saturated rings. The van der Waals surface area contributed by atoms with E-state index in [4.69, 9.17) is 9.52 Å². The van der Waals surface area contributed by atoms with Crippen LogP contribution in [0, 0.1) is 0 Å². The Balaban J connectivity index is 1.92. The van der Waals surface area contributed by atoms with Crippen molar-refractivity contribution in [2.45, 2.75) is 25.9 Å². The minimum atomic E-state index is -1.03. The summed E-state index contributed by atoms with van der Waals surface area (Å²) >= 11 is 1.76. The summed E-state index contributed by atoms with van der Waals surface area (Å²) in [5.41, 5.74) is 0. The number of carbonyl (C=O) groups is 1. The van der Waals surface area contributed by atoms with Gasteiger partial charge in [0.15, 0.2) is 0 Å². The molecule has 102 valence electrons. The van der Waals surface area contributed by atoms with E-state index >= 15 is 0 Å². The number of hydrogen-bond acceptors (Lipinski definition) is 4. The zero-order chi connectivity index (χ0) is 13.8. The van der Waals surface area contributed by atoms with Crippen molar-refractivity contribution in [1.82, 2.24) is 4.90 Å². The Bertz CT molecular complexity index is 533. The number of hydrogen-bond donors (Lipinski definition) is 1. The van der Waals surface area contributed by atoms with Gasteiger partial charge in [-0.3, -0.25) is 4.90 Å². The number of thiophene rings is 1. The van der Waals surface area contributed by atoms with Gasteiger partial charge in [-0.25, -0.2) is 4.79 Å². The predicted octanol–water partition coefficient (Wildman–Crippen LogP) is 3.10. The first-order valence-electron chi connectivity index (χ1n) is 6.11. The molecule has 0 aliphatic heterocycles. The molecule has 0 radical (unpaired) electrons. The number of carboxylic acids is 1. The third kappa shape index (κ3) is 3.68. The summed E-state index contributed by atoms with van der Waals surface area (Å²) in [6, 6.07) is 7.77. The van der Waals surface area contributed by atoms with Gasteiger partial charge in [0.25, 0.3) is 0 Å². The summed E-state index contributed by atoms with van der Waals surface area (Å²) in [7, 11) is 2.02. The fourth-order valence-electron chi connectivity index (χ4n) is 1.86. The highest BCUT2D eigenvalue weighted by Gasteiger charge is 2.14. The molecule has 1 atom stereocenters. The van der Waals surface area contributed by atoms with Crippen LogP contribution in [0.3, 0.4) is 0 Å². The fourth-order valence-corrected chi connectivity index (χ4v) is 2.68. The van der Waals surface area contributed by atoms with Crippen molar-refractivity contribution < 1.29 is 14.3 Å². The molecule has 0 spiro atoms. The quantitative estimate of drug-likeness (QED) is 0.882. The number of nitrogens with zero attached hydrogens (tertiary/aromatic N) is 1. The Kier molecular flexibility index (Phi) is 4.39. The van der Waals surface area contributed by atoms with E-state index in [1.165, 1.54) is 10.9 Å². The van der Waals surface area contributed by atoms with Gasteiger partial charge >= 0.3 is 5.97 Å². The normalized spacial score (nSPS) is 12.8. The van der Waals surface area contributed by atoms with Crippen LogP contribution in [-0.4, -0.2) is 29.1 Å². The molecule has 0 saturated carbocycles. The highest BCUT2D eigenvalue weighted by Crippen LogP contribution is 2.16. The molecule has 0 saturated heterocycles. The van der Waals surface area contributed by atoms with E-state index in [2.05, 4.69) is 29.3 Å². The predicted molar refractivity (Wildman–Crippen MR) is 74.6 cm³/mol. The monoisotopic (exact) mass is 279 g/mol. The molecular formula is C14H17NO3S. The van der Waals surface area contributed by atoms with Gasteiger partial charge < -0.3 is 9.52 Å². The lowest BCUT2D eigenvalue weighted by molar-refractivity contribution is 0.0658. The van der Waals surface area contributed by atoms with Crippen LogP contribution < -0.4 is 0 Å². The number of likely N-dealkylation sites (N-methyl/N-ethyl adjacent to an activating group) is 1. The average molecular weight is 279 g/mol. The molecule has 0 aliphatic carbocycles. The first-order valence-corrected chi connectivity index (χ1v) is 6.99. The number of furan rings is 1. The SMILES string of the molecule is CC(Cc1cccs1)N(C)Cc1ccc(C(=O)O)o1. The third-order valence-corrected chi connectivity index (χ3v) is 4.01. The van der Waals surface area contributed by atoms with E-state index in [0.717, 1.165) is 6.42 Å². The van der Waals surface area contributed by atoms with Crippen LogP contribution in [0.4, 0.5) is 0 Å². The lowest BCUT2D eigenvalue weighted by Crippen LogP contribution is -2.29. The maximum Gasteiger partial charge on any atom is 0.371 e. The summed E-state index contributed by atoms with van der Waals surface area (Å²) in [6.07, 6.45) is 0.987. The Hall–Kier alpha value is -1.59. The third-order valence-electron chi connectivity index (χ3n) is 3.11. The van der Waals surface area contributed by atoms with Crippen LogP contribution in [0.25, 0.3) is 0 Å². The van der Waals surface area contributed by atoms with E-state index < -0.39 is 5.97 Å². The highest BCUT2D eigenvalue weighted by atomic mass is 32.1. The molecule has 0 bridgehead atoms. The van der Waals surface area contributed by atoms with Crippen molar-refractivity contribution in [1.29, 1.82) is 0 Å². The smallest absolute Gasteiger partial charge is 0.371 e. The van der Waals surface area contributed by atoms with Crippen molar-refractivity contribution in [3.63, 3.8) is 0 Å². The first kappa shape index (κ1) is 13.8. The fraction of sp³-hybridized carbons (Fsp3) is 0.357. The molecule has 0 aliphatic rings. The molecule has 2 aromatic heterocycles. The lowest BCUT2D eigenvalue weighted by Gasteiger charge is -2.23. The average Bonchev–Trinajstić information content (AvgIpc) is 2.99. The molecule has 4 nitrogen and oxygen atoms in total. The van der Waals surface area contributed by atoms with Crippen molar-refractivity contribution in [2.75, 3.05) is 7.05 Å². The first-order chi connectivity index (χ1) is 9.06. The van der Waals surface area contributed by atoms with Crippen LogP contribution in [0.15, 0.2) is 34.1 Å². The van der Waals surface area contributed by atoms with Crippen LogP contribution in [-0.2, 0) is 13.0 Å². The minimum Gasteiger partial charge on any atom is -0.475 e. The Morgan fingerprint density at radius 3 is 2.84 bits per heavy atom. The summed E-state index contributed by atoms with van der Waals surface area (Å²) in [6.45, 7) is 2.76. The molecular weight excluding hydrogens is 262 g/mol. The molecule has 2 aromatic rings. The van der Waals surface area contributed by atoms with E-state index in [-0.39, 0.29) is 5.76 Å². The van der Waals surface area contributed by atoms with Gasteiger partial charge in [0.05, 0.1) is 6.54 Å². The number of aromatic carboxylic acids is 1. The molecule has 0 amide bonds. The lowest BCUT2D eigenvalue weighted by atomic mass is 10.2. The molecule has 2 heterocycles. The van der Waals surface area contributed by atoms with Gasteiger partial charge in [-0.15, -0.1) is 11.3 Å². The van der Waals surface area contributed by atoms with Gasteiger partial charge in [-0.1, -0.05) is 6.07 Å². The van der Waals surface area contributed by atoms with E-state index in [0.29, 0.717) is 18.3 Å². The van der Waals surface area contributed by atoms with Crippen LogP contribution in [0.5, 0.6) is 0 Å². The summed E-state index contributed by atoms with van der Waals surface area (Å²) in [4.78, 5) is 14.2. The minimum absolute atomic E-state index is 0.00527. The van der Waals surface area contributed by atoms with Crippen molar-refractivity contribution in [2.24, 2.45) is 0 Å². The largest absolute Gasteiger partial charge is 0.475 e. The maximum absolute atomic E-state index is 10.7. The second-order valence-corrected chi connectivity index (χ2v) is 5.65. The van der Waals surface area contributed by atoms with Gasteiger partial charge in [0.1, 0.15) is 5.76 Å². The van der Waals surface area contributed by atoms with Gasteiger partial charge in [-0.2, -0.15) is 0 Å². The molecule has 0 aromatic carbocycles. The standard InChI is InChI=1S/C14H17NO3S/c1-10(8-12-4-3-7-19-12)15(2)9-11-5-6-13(18-11)14(16)17/h3-7,10H,8-9H2,1-2H3,(H,16,17). The second kappa shape index (κ2) is 6.04. The van der Waals surface area contributed by atoms with Gasteiger partial charge in [0, 0.05) is 10.9 Å². The van der Waals surface area contributed by atoms with Crippen LogP contribution >= 0.6 is 11.3 Å². The van der Waals surface area contributed by atoms with Crippen molar-refractivity contribution in [3.8, 4) is 0 Å². The molecule has 19 heavy (non-hydrogen) atoms. The zero-order valence-electron chi connectivity index (χ0n) is 11.0. The van der Waals surface area contributed by atoms with E-state index in [1.54, 1.807) is 17.4 Å². The summed E-state index contributed by atoms with van der Waals surface area (Å²) < 4.78 is 5.26. The summed E-state index contributed by atoms with van der Waals surface area (Å²) in [5, 5.41) is 10.9. The molecule has 1 N–H and O–H groups in total. The second-order valence-electron chi connectivity index (χ2n) is 4.62. The number of rotatable bonds is 6. The van der Waals surface area contributed by atoms with Gasteiger partial charge in [0.2, 0.25) is 5.76 Å². The van der Waals surface area contributed by atoms with Crippen molar-refractivity contribution in [3.05, 3.63) is 46.0 Å². The van der Waals surface area contributed by atoms with E-state index in [9.17, 15) is 4.79 Å². The van der Waals surface area contributed by atoms with Gasteiger partial charge in [-0.05, 0) is 44.0 Å². The van der Waals surface area contributed by atoms with E-state index in [1.807, 2.05) is 7.05 Å². The topological polar surface area (TPSA) is 53.7 Å². The molecule has 2 rings (SSSR count). The Labute approximate surface area is 116 Å². The van der Waals surface area contributed by atoms with Crippen LogP contribution in [0.1, 0.15) is 28.1 Å². The maximum atomic E-state index is 10.7. The summed E-state index contributed by atoms with van der Waals surface area (Å²) in [5.74, 6) is -0.354. The van der Waals surface area contributed by atoms with Crippen molar-refractivity contribution >= 4 is 17.3 Å². The highest BCUT2D eigenvalue weighted by molar-refractivity contribution is 7.09. The molecule has 5 heteroatoms. The van der Waals surface area contributed by atoms with Crippen LogP contribution in [0.2, 0.25) is 0 Å². The Morgan fingerprint density at radius 2 is 2.26 bits per heavy atom. The Morgan fingerprint density at radius 1 is 1.47 bits per heavy atom.